The normalized spacial score (nSPS) is 18.0. The molecule has 16 heavy (non-hydrogen) atoms. The van der Waals surface area contributed by atoms with Crippen LogP contribution in [-0.4, -0.2) is 14.5 Å². The van der Waals surface area contributed by atoms with E-state index in [9.17, 15) is 5.11 Å². The lowest BCUT2D eigenvalue weighted by Gasteiger charge is -2.20. The molecule has 1 N–H and O–H groups in total. The first-order valence-electron chi connectivity index (χ1n) is 6.00. The van der Waals surface area contributed by atoms with Crippen LogP contribution in [0.15, 0.2) is 24.5 Å². The van der Waals surface area contributed by atoms with E-state index >= 15 is 0 Å². The Morgan fingerprint density at radius 2 is 2.06 bits per heavy atom. The number of hydrogen-bond acceptors (Lipinski definition) is 2. The van der Waals surface area contributed by atoms with Gasteiger partial charge in [0.1, 0.15) is 11.6 Å². The van der Waals surface area contributed by atoms with E-state index in [1.807, 2.05) is 12.4 Å². The van der Waals surface area contributed by atoms with E-state index in [2.05, 4.69) is 9.38 Å². The van der Waals surface area contributed by atoms with Crippen molar-refractivity contribution >= 4 is 5.52 Å². The second-order valence-corrected chi connectivity index (χ2v) is 4.63. The van der Waals surface area contributed by atoms with Crippen LogP contribution < -0.4 is 0 Å². The molecular weight excluding hydrogens is 200 g/mol. The van der Waals surface area contributed by atoms with E-state index in [0.29, 0.717) is 11.7 Å². The van der Waals surface area contributed by atoms with E-state index in [1.54, 1.807) is 12.1 Å². The number of hydrogen-bond donors (Lipinski definition) is 1. The summed E-state index contributed by atoms with van der Waals surface area (Å²) in [5.74, 6) is 2.07. The Hall–Kier alpha value is -1.51. The first-order valence-corrected chi connectivity index (χ1v) is 6.00. The summed E-state index contributed by atoms with van der Waals surface area (Å²) < 4.78 is 2.11. The lowest BCUT2D eigenvalue weighted by molar-refractivity contribution is 0.427. The summed E-state index contributed by atoms with van der Waals surface area (Å²) in [6.07, 6.45) is 10.3. The zero-order chi connectivity index (χ0) is 11.0. The van der Waals surface area contributed by atoms with Crippen molar-refractivity contribution in [2.45, 2.75) is 38.0 Å². The van der Waals surface area contributed by atoms with Gasteiger partial charge < -0.3 is 9.51 Å². The maximum absolute atomic E-state index is 9.41. The second kappa shape index (κ2) is 3.81. The lowest BCUT2D eigenvalue weighted by Crippen LogP contribution is -2.08. The minimum Gasteiger partial charge on any atom is -0.508 e. The van der Waals surface area contributed by atoms with E-state index < -0.39 is 0 Å². The van der Waals surface area contributed by atoms with Gasteiger partial charge in [-0.3, -0.25) is 0 Å². The number of pyridine rings is 1. The molecule has 0 spiro atoms. The number of aromatic nitrogens is 2. The fourth-order valence-corrected chi connectivity index (χ4v) is 2.67. The van der Waals surface area contributed by atoms with Crippen LogP contribution in [0.5, 0.6) is 5.75 Å². The highest BCUT2D eigenvalue weighted by Gasteiger charge is 2.19. The van der Waals surface area contributed by atoms with Gasteiger partial charge in [-0.25, -0.2) is 4.98 Å². The summed E-state index contributed by atoms with van der Waals surface area (Å²) in [7, 11) is 0. The molecule has 0 radical (unpaired) electrons. The van der Waals surface area contributed by atoms with Gasteiger partial charge >= 0.3 is 0 Å². The summed E-state index contributed by atoms with van der Waals surface area (Å²) in [5.41, 5.74) is 0.987. The van der Waals surface area contributed by atoms with Gasteiger partial charge in [-0.2, -0.15) is 0 Å². The molecule has 2 aromatic heterocycles. The standard InChI is InChI=1S/C13H16N2O/c16-12-6-7-15-11(8-12)9-14-13(15)10-4-2-1-3-5-10/h6-10,16H,1-5H2. The molecule has 1 saturated carbocycles. The monoisotopic (exact) mass is 216 g/mol. The summed E-state index contributed by atoms with van der Waals surface area (Å²) in [6.45, 7) is 0. The zero-order valence-electron chi connectivity index (χ0n) is 9.26. The Morgan fingerprint density at radius 1 is 1.25 bits per heavy atom. The Kier molecular flexibility index (Phi) is 2.31. The molecule has 1 aliphatic carbocycles. The number of aromatic hydroxyl groups is 1. The molecule has 0 bridgehead atoms. The average Bonchev–Trinajstić information content (AvgIpc) is 2.73. The van der Waals surface area contributed by atoms with Gasteiger partial charge in [0, 0.05) is 18.2 Å². The van der Waals surface area contributed by atoms with Gasteiger partial charge in [-0.1, -0.05) is 19.3 Å². The fraction of sp³-hybridized carbons (Fsp3) is 0.462. The highest BCUT2D eigenvalue weighted by Crippen LogP contribution is 2.32. The molecule has 1 aliphatic rings. The smallest absolute Gasteiger partial charge is 0.119 e. The van der Waals surface area contributed by atoms with E-state index in [1.165, 1.54) is 32.1 Å². The molecule has 0 amide bonds. The van der Waals surface area contributed by atoms with Gasteiger partial charge in [0.05, 0.1) is 11.7 Å². The summed E-state index contributed by atoms with van der Waals surface area (Å²) in [4.78, 5) is 4.51. The van der Waals surface area contributed by atoms with Crippen LogP contribution in [0.1, 0.15) is 43.8 Å². The number of fused-ring (bicyclic) bond motifs is 1. The Bertz CT molecular complexity index is 498. The highest BCUT2D eigenvalue weighted by atomic mass is 16.3. The van der Waals surface area contributed by atoms with Crippen molar-refractivity contribution in [2.75, 3.05) is 0 Å². The molecule has 84 valence electrons. The fourth-order valence-electron chi connectivity index (χ4n) is 2.67. The highest BCUT2D eigenvalue weighted by molar-refractivity contribution is 5.50. The number of rotatable bonds is 1. The minimum atomic E-state index is 0.308. The molecule has 0 unspecified atom stereocenters. The van der Waals surface area contributed by atoms with Crippen LogP contribution >= 0.6 is 0 Å². The molecule has 0 saturated heterocycles. The summed E-state index contributed by atoms with van der Waals surface area (Å²) in [5, 5.41) is 9.41. The number of nitrogens with zero attached hydrogens (tertiary/aromatic N) is 2. The first kappa shape index (κ1) is 9.70. The van der Waals surface area contributed by atoms with Crippen molar-refractivity contribution < 1.29 is 5.11 Å². The quantitative estimate of drug-likeness (QED) is 0.795. The molecular formula is C13H16N2O. The maximum atomic E-state index is 9.41. The van der Waals surface area contributed by atoms with Gasteiger partial charge in [0.2, 0.25) is 0 Å². The number of imidazole rings is 1. The predicted molar refractivity (Wildman–Crippen MR) is 62.7 cm³/mol. The van der Waals surface area contributed by atoms with Crippen molar-refractivity contribution in [2.24, 2.45) is 0 Å². The first-order chi connectivity index (χ1) is 7.84. The molecule has 0 atom stereocenters. The van der Waals surface area contributed by atoms with Crippen molar-refractivity contribution in [3.8, 4) is 5.75 Å². The third-order valence-corrected chi connectivity index (χ3v) is 3.51. The summed E-state index contributed by atoms with van der Waals surface area (Å²) in [6, 6.07) is 3.49. The van der Waals surface area contributed by atoms with E-state index in [0.717, 1.165) is 11.3 Å². The third-order valence-electron chi connectivity index (χ3n) is 3.51. The van der Waals surface area contributed by atoms with Gasteiger partial charge in [0.25, 0.3) is 0 Å². The topological polar surface area (TPSA) is 37.5 Å². The van der Waals surface area contributed by atoms with E-state index in [-0.39, 0.29) is 0 Å². The molecule has 1 fully saturated rings. The largest absolute Gasteiger partial charge is 0.508 e. The van der Waals surface area contributed by atoms with Crippen molar-refractivity contribution in [1.29, 1.82) is 0 Å². The molecule has 3 heteroatoms. The van der Waals surface area contributed by atoms with Gasteiger partial charge in [-0.05, 0) is 18.9 Å². The van der Waals surface area contributed by atoms with Gasteiger partial charge in [0.15, 0.2) is 0 Å². The van der Waals surface area contributed by atoms with Crippen molar-refractivity contribution in [3.63, 3.8) is 0 Å². The second-order valence-electron chi connectivity index (χ2n) is 4.63. The Balaban J connectivity index is 2.03. The Morgan fingerprint density at radius 3 is 2.88 bits per heavy atom. The van der Waals surface area contributed by atoms with Crippen LogP contribution in [0.4, 0.5) is 0 Å². The molecule has 3 nitrogen and oxygen atoms in total. The van der Waals surface area contributed by atoms with Gasteiger partial charge in [-0.15, -0.1) is 0 Å². The zero-order valence-corrected chi connectivity index (χ0v) is 9.26. The molecule has 0 aliphatic heterocycles. The van der Waals surface area contributed by atoms with Crippen molar-refractivity contribution in [1.82, 2.24) is 9.38 Å². The maximum Gasteiger partial charge on any atom is 0.119 e. The SMILES string of the molecule is Oc1ccn2c(C3CCCCC3)ncc2c1. The molecule has 2 aromatic rings. The molecule has 2 heterocycles. The van der Waals surface area contributed by atoms with Crippen LogP contribution in [0.25, 0.3) is 5.52 Å². The third kappa shape index (κ3) is 1.56. The van der Waals surface area contributed by atoms with Crippen molar-refractivity contribution in [3.05, 3.63) is 30.4 Å². The van der Waals surface area contributed by atoms with Crippen LogP contribution in [-0.2, 0) is 0 Å². The predicted octanol–water partition coefficient (Wildman–Crippen LogP) is 3.09. The molecule has 0 aromatic carbocycles. The van der Waals surface area contributed by atoms with Crippen LogP contribution in [0.2, 0.25) is 0 Å². The van der Waals surface area contributed by atoms with Crippen LogP contribution in [0, 0.1) is 0 Å². The Labute approximate surface area is 94.7 Å². The molecule has 3 rings (SSSR count). The lowest BCUT2D eigenvalue weighted by atomic mass is 9.89. The summed E-state index contributed by atoms with van der Waals surface area (Å²) >= 11 is 0. The average molecular weight is 216 g/mol. The minimum absolute atomic E-state index is 0.308. The van der Waals surface area contributed by atoms with E-state index in [4.69, 9.17) is 0 Å². The van der Waals surface area contributed by atoms with Crippen LogP contribution in [0.3, 0.4) is 0 Å².